The maximum absolute atomic E-state index is 9.52. The number of hydrogen-bond donors (Lipinski definition) is 2. The van der Waals surface area contributed by atoms with Gasteiger partial charge in [-0.3, -0.25) is 0 Å². The van der Waals surface area contributed by atoms with Crippen LogP contribution in [0.4, 0.5) is 0 Å². The Morgan fingerprint density at radius 3 is 2.22 bits per heavy atom. The first-order valence-electron chi connectivity index (χ1n) is 3.55. The smallest absolute Gasteiger partial charge is 0.0897 e. The molecule has 0 spiro atoms. The van der Waals surface area contributed by atoms with E-state index in [0.717, 1.165) is 19.5 Å². The van der Waals surface area contributed by atoms with Crippen LogP contribution >= 0.6 is 0 Å². The molecule has 0 bridgehead atoms. The lowest BCUT2D eigenvalue weighted by atomic mass is 9.87. The van der Waals surface area contributed by atoms with Crippen molar-refractivity contribution in [3.05, 3.63) is 0 Å². The van der Waals surface area contributed by atoms with Crippen LogP contribution in [-0.4, -0.2) is 23.8 Å². The molecular weight excluding hydrogens is 114 g/mol. The molecule has 2 heteroatoms. The molecule has 0 atom stereocenters. The van der Waals surface area contributed by atoms with E-state index in [4.69, 9.17) is 0 Å². The van der Waals surface area contributed by atoms with Crippen molar-refractivity contribution < 1.29 is 5.11 Å². The van der Waals surface area contributed by atoms with Crippen LogP contribution in [-0.2, 0) is 0 Å². The Labute approximate surface area is 56.3 Å². The first kappa shape index (κ1) is 7.03. The third-order valence-corrected chi connectivity index (χ3v) is 1.70. The van der Waals surface area contributed by atoms with Crippen molar-refractivity contribution in [3.63, 3.8) is 0 Å². The molecule has 1 heterocycles. The summed E-state index contributed by atoms with van der Waals surface area (Å²) in [4.78, 5) is 0. The van der Waals surface area contributed by atoms with Gasteiger partial charge < -0.3 is 10.4 Å². The number of aliphatic hydroxyl groups is 1. The molecule has 0 unspecified atom stereocenters. The van der Waals surface area contributed by atoms with Gasteiger partial charge in [0.25, 0.3) is 0 Å². The molecule has 0 aromatic rings. The summed E-state index contributed by atoms with van der Waals surface area (Å²) in [5, 5.41) is 12.6. The van der Waals surface area contributed by atoms with Gasteiger partial charge in [0.2, 0.25) is 0 Å². The molecule has 0 saturated carbocycles. The molecule has 9 heavy (non-hydrogen) atoms. The Hall–Kier alpha value is -0.0800. The topological polar surface area (TPSA) is 32.3 Å². The molecule has 0 aromatic heterocycles. The Morgan fingerprint density at radius 2 is 2.11 bits per heavy atom. The second kappa shape index (κ2) is 2.27. The van der Waals surface area contributed by atoms with Gasteiger partial charge in [0, 0.05) is 13.1 Å². The van der Waals surface area contributed by atoms with Crippen molar-refractivity contribution in [1.29, 1.82) is 0 Å². The lowest BCUT2D eigenvalue weighted by Crippen LogP contribution is -2.59. The second-order valence-electron chi connectivity index (χ2n) is 3.43. The molecule has 2 N–H and O–H groups in total. The average Bonchev–Trinajstić information content (AvgIpc) is 1.60. The zero-order valence-corrected chi connectivity index (χ0v) is 6.15. The molecular formula is C7H15NO. The van der Waals surface area contributed by atoms with Crippen LogP contribution in [0, 0.1) is 5.92 Å². The lowest BCUT2D eigenvalue weighted by molar-refractivity contribution is -0.0268. The predicted octanol–water partition coefficient (Wildman–Crippen LogP) is 0.367. The molecule has 1 aliphatic rings. The standard InChI is InChI=1S/C7H15NO/c1-6(2)3-7(9)4-8-5-7/h6,8-9H,3-5H2,1-2H3. The predicted molar refractivity (Wildman–Crippen MR) is 37.3 cm³/mol. The Morgan fingerprint density at radius 1 is 1.56 bits per heavy atom. The van der Waals surface area contributed by atoms with E-state index in [9.17, 15) is 5.11 Å². The number of rotatable bonds is 2. The minimum Gasteiger partial charge on any atom is -0.387 e. The van der Waals surface area contributed by atoms with Crippen LogP contribution in [0.3, 0.4) is 0 Å². The van der Waals surface area contributed by atoms with Crippen molar-refractivity contribution >= 4 is 0 Å². The van der Waals surface area contributed by atoms with E-state index in [0.29, 0.717) is 5.92 Å². The Bertz CT molecular complexity index is 97.1. The van der Waals surface area contributed by atoms with E-state index < -0.39 is 0 Å². The summed E-state index contributed by atoms with van der Waals surface area (Å²) in [6.45, 7) is 5.84. The Balaban J connectivity index is 2.24. The van der Waals surface area contributed by atoms with E-state index in [1.807, 2.05) is 0 Å². The molecule has 1 fully saturated rings. The van der Waals surface area contributed by atoms with Crippen molar-refractivity contribution in [2.75, 3.05) is 13.1 Å². The van der Waals surface area contributed by atoms with E-state index >= 15 is 0 Å². The van der Waals surface area contributed by atoms with Crippen molar-refractivity contribution in [2.45, 2.75) is 25.9 Å². The molecule has 1 rings (SSSR count). The lowest BCUT2D eigenvalue weighted by Gasteiger charge is -2.38. The SMILES string of the molecule is CC(C)CC1(O)CNC1. The molecule has 2 nitrogen and oxygen atoms in total. The monoisotopic (exact) mass is 129 g/mol. The first-order valence-corrected chi connectivity index (χ1v) is 3.55. The highest BCUT2D eigenvalue weighted by Gasteiger charge is 2.34. The van der Waals surface area contributed by atoms with Crippen LogP contribution in [0.5, 0.6) is 0 Å². The molecule has 0 aliphatic carbocycles. The fraction of sp³-hybridized carbons (Fsp3) is 1.00. The molecule has 54 valence electrons. The minimum absolute atomic E-state index is 0.367. The summed E-state index contributed by atoms with van der Waals surface area (Å²) in [5.74, 6) is 0.608. The van der Waals surface area contributed by atoms with Gasteiger partial charge in [-0.15, -0.1) is 0 Å². The van der Waals surface area contributed by atoms with Gasteiger partial charge in [0.05, 0.1) is 5.60 Å². The molecule has 1 saturated heterocycles. The summed E-state index contributed by atoms with van der Waals surface area (Å²) in [6, 6.07) is 0. The number of β-amino-alcohol motifs (C(OH)–C–C–N with tert-alkyl or cyclic N) is 1. The van der Waals surface area contributed by atoms with Crippen LogP contribution < -0.4 is 5.32 Å². The minimum atomic E-state index is -0.367. The zero-order chi connectivity index (χ0) is 6.91. The van der Waals surface area contributed by atoms with Gasteiger partial charge in [-0.2, -0.15) is 0 Å². The third-order valence-electron chi connectivity index (χ3n) is 1.70. The maximum Gasteiger partial charge on any atom is 0.0897 e. The van der Waals surface area contributed by atoms with Crippen LogP contribution in [0.1, 0.15) is 20.3 Å². The summed E-state index contributed by atoms with van der Waals surface area (Å²) in [7, 11) is 0. The zero-order valence-electron chi connectivity index (χ0n) is 6.15. The van der Waals surface area contributed by atoms with Gasteiger partial charge in [-0.1, -0.05) is 13.8 Å². The van der Waals surface area contributed by atoms with E-state index in [2.05, 4.69) is 19.2 Å². The molecule has 0 amide bonds. The summed E-state index contributed by atoms with van der Waals surface area (Å²) in [5.41, 5.74) is -0.367. The van der Waals surface area contributed by atoms with Gasteiger partial charge in [0.1, 0.15) is 0 Å². The highest BCUT2D eigenvalue weighted by molar-refractivity contribution is 4.92. The van der Waals surface area contributed by atoms with Gasteiger partial charge in [-0.05, 0) is 12.3 Å². The first-order chi connectivity index (χ1) is 4.12. The van der Waals surface area contributed by atoms with E-state index in [-0.39, 0.29) is 5.60 Å². The second-order valence-corrected chi connectivity index (χ2v) is 3.43. The van der Waals surface area contributed by atoms with Crippen LogP contribution in [0.25, 0.3) is 0 Å². The van der Waals surface area contributed by atoms with Gasteiger partial charge >= 0.3 is 0 Å². The van der Waals surface area contributed by atoms with Gasteiger partial charge in [0.15, 0.2) is 0 Å². The quantitative estimate of drug-likeness (QED) is 0.564. The van der Waals surface area contributed by atoms with Crippen molar-refractivity contribution in [1.82, 2.24) is 5.32 Å². The normalized spacial score (nSPS) is 24.0. The summed E-state index contributed by atoms with van der Waals surface area (Å²) < 4.78 is 0. The summed E-state index contributed by atoms with van der Waals surface area (Å²) in [6.07, 6.45) is 0.931. The number of hydrogen-bond acceptors (Lipinski definition) is 2. The van der Waals surface area contributed by atoms with Crippen LogP contribution in [0.2, 0.25) is 0 Å². The summed E-state index contributed by atoms with van der Waals surface area (Å²) >= 11 is 0. The van der Waals surface area contributed by atoms with Crippen LogP contribution in [0.15, 0.2) is 0 Å². The fourth-order valence-corrected chi connectivity index (χ4v) is 1.32. The highest BCUT2D eigenvalue weighted by Crippen LogP contribution is 2.19. The van der Waals surface area contributed by atoms with E-state index in [1.165, 1.54) is 0 Å². The van der Waals surface area contributed by atoms with E-state index in [1.54, 1.807) is 0 Å². The third kappa shape index (κ3) is 1.66. The van der Waals surface area contributed by atoms with Crippen molar-refractivity contribution in [3.8, 4) is 0 Å². The average molecular weight is 129 g/mol. The molecule has 0 aromatic carbocycles. The van der Waals surface area contributed by atoms with Crippen molar-refractivity contribution in [2.24, 2.45) is 5.92 Å². The highest BCUT2D eigenvalue weighted by atomic mass is 16.3. The largest absolute Gasteiger partial charge is 0.387 e. The maximum atomic E-state index is 9.52. The fourth-order valence-electron chi connectivity index (χ4n) is 1.32. The molecule has 1 aliphatic heterocycles. The Kier molecular flexibility index (Phi) is 1.78. The van der Waals surface area contributed by atoms with Gasteiger partial charge in [-0.25, -0.2) is 0 Å². The number of nitrogens with one attached hydrogen (secondary N) is 1. The molecule has 0 radical (unpaired) electrons.